The zero-order chi connectivity index (χ0) is 17.8. The minimum Gasteiger partial charge on any atom is -0.384 e. The van der Waals surface area contributed by atoms with Crippen LogP contribution in [0.3, 0.4) is 0 Å². The predicted octanol–water partition coefficient (Wildman–Crippen LogP) is 1.14. The number of hydrogen-bond donors (Lipinski definition) is 0. The van der Waals surface area contributed by atoms with Gasteiger partial charge in [0.2, 0.25) is 11.8 Å². The lowest BCUT2D eigenvalue weighted by molar-refractivity contribution is -0.136. The Kier molecular flexibility index (Phi) is 5.71. The zero-order valence-electron chi connectivity index (χ0n) is 15.1. The van der Waals surface area contributed by atoms with Crippen molar-refractivity contribution in [3.63, 3.8) is 0 Å². The highest BCUT2D eigenvalue weighted by molar-refractivity contribution is 6.02. The molecule has 0 radical (unpaired) electrons. The maximum atomic E-state index is 13.1. The standard InChI is InChI=1S/C19H27N3O3/c1-20-10-12-21(13-11-20)19(24)17-8-7-15-5-3-4-6-16(15)22(17)18(23)9-14-25-2/h3-6,17H,7-14H2,1-2H3. The predicted molar refractivity (Wildman–Crippen MR) is 96.6 cm³/mol. The summed E-state index contributed by atoms with van der Waals surface area (Å²) in [5.41, 5.74) is 2.01. The Labute approximate surface area is 149 Å². The molecule has 0 bridgehead atoms. The van der Waals surface area contributed by atoms with Gasteiger partial charge in [0, 0.05) is 39.0 Å². The SMILES string of the molecule is COCCC(=O)N1c2ccccc2CCC1C(=O)N1CCN(C)CC1. The normalized spacial score (nSPS) is 21.1. The van der Waals surface area contributed by atoms with Gasteiger partial charge in [-0.1, -0.05) is 18.2 Å². The third-order valence-electron chi connectivity index (χ3n) is 5.14. The molecular weight excluding hydrogens is 318 g/mol. The van der Waals surface area contributed by atoms with Crippen LogP contribution in [0, 0.1) is 0 Å². The fraction of sp³-hybridized carbons (Fsp3) is 0.579. The molecule has 1 aromatic rings. The van der Waals surface area contributed by atoms with Crippen molar-refractivity contribution in [2.75, 3.05) is 51.8 Å². The van der Waals surface area contributed by atoms with Crippen LogP contribution >= 0.6 is 0 Å². The zero-order valence-corrected chi connectivity index (χ0v) is 15.1. The van der Waals surface area contributed by atoms with E-state index in [2.05, 4.69) is 11.9 Å². The van der Waals surface area contributed by atoms with Crippen LogP contribution in [0.25, 0.3) is 0 Å². The number of hydrogen-bond acceptors (Lipinski definition) is 4. The number of benzene rings is 1. The first-order valence-corrected chi connectivity index (χ1v) is 8.98. The van der Waals surface area contributed by atoms with Crippen molar-refractivity contribution in [1.82, 2.24) is 9.80 Å². The minimum atomic E-state index is -0.400. The van der Waals surface area contributed by atoms with Gasteiger partial charge >= 0.3 is 0 Å². The van der Waals surface area contributed by atoms with Crippen LogP contribution in [-0.2, 0) is 20.7 Å². The van der Waals surface area contributed by atoms with Crippen molar-refractivity contribution in [1.29, 1.82) is 0 Å². The van der Waals surface area contributed by atoms with E-state index in [9.17, 15) is 9.59 Å². The van der Waals surface area contributed by atoms with Gasteiger partial charge in [0.05, 0.1) is 13.0 Å². The number of ether oxygens (including phenoxy) is 1. The second kappa shape index (κ2) is 7.97. The van der Waals surface area contributed by atoms with Gasteiger partial charge in [-0.2, -0.15) is 0 Å². The number of rotatable bonds is 4. The summed E-state index contributed by atoms with van der Waals surface area (Å²) in [7, 11) is 3.66. The topological polar surface area (TPSA) is 53.1 Å². The number of fused-ring (bicyclic) bond motifs is 1. The largest absolute Gasteiger partial charge is 0.384 e. The molecule has 2 heterocycles. The summed E-state index contributed by atoms with van der Waals surface area (Å²) in [6.45, 7) is 3.59. The van der Waals surface area contributed by atoms with E-state index in [0.29, 0.717) is 13.0 Å². The lowest BCUT2D eigenvalue weighted by atomic mass is 9.94. The number of aryl methyl sites for hydroxylation is 1. The summed E-state index contributed by atoms with van der Waals surface area (Å²) >= 11 is 0. The molecule has 1 aromatic carbocycles. The molecule has 2 amide bonds. The number of methoxy groups -OCH3 is 1. The summed E-state index contributed by atoms with van der Waals surface area (Å²) in [4.78, 5) is 31.8. The van der Waals surface area contributed by atoms with Gasteiger partial charge in [-0.25, -0.2) is 0 Å². The van der Waals surface area contributed by atoms with Crippen molar-refractivity contribution in [2.45, 2.75) is 25.3 Å². The highest BCUT2D eigenvalue weighted by Crippen LogP contribution is 2.32. The first kappa shape index (κ1) is 17.9. The monoisotopic (exact) mass is 345 g/mol. The number of amides is 2. The Bertz CT molecular complexity index is 626. The molecule has 136 valence electrons. The maximum Gasteiger partial charge on any atom is 0.245 e. The molecular formula is C19H27N3O3. The van der Waals surface area contributed by atoms with E-state index in [1.165, 1.54) is 0 Å². The molecule has 0 N–H and O–H groups in total. The summed E-state index contributed by atoms with van der Waals surface area (Å²) in [5.74, 6) is 0.0369. The lowest BCUT2D eigenvalue weighted by Crippen LogP contribution is -2.57. The molecule has 0 aromatic heterocycles. The molecule has 0 aliphatic carbocycles. The first-order chi connectivity index (χ1) is 12.1. The van der Waals surface area contributed by atoms with Crippen LogP contribution in [0.1, 0.15) is 18.4 Å². The third-order valence-corrected chi connectivity index (χ3v) is 5.14. The van der Waals surface area contributed by atoms with E-state index < -0.39 is 6.04 Å². The second-order valence-electron chi connectivity index (χ2n) is 6.82. The number of likely N-dealkylation sites (N-methyl/N-ethyl adjacent to an activating group) is 1. The van der Waals surface area contributed by atoms with Crippen LogP contribution in [0.15, 0.2) is 24.3 Å². The van der Waals surface area contributed by atoms with Crippen LogP contribution < -0.4 is 4.90 Å². The number of piperazine rings is 1. The van der Waals surface area contributed by atoms with Crippen molar-refractivity contribution >= 4 is 17.5 Å². The van der Waals surface area contributed by atoms with Gasteiger partial charge in [-0.3, -0.25) is 14.5 Å². The Hall–Kier alpha value is -1.92. The van der Waals surface area contributed by atoms with Crippen LogP contribution in [0.5, 0.6) is 0 Å². The molecule has 0 saturated carbocycles. The Morgan fingerprint density at radius 2 is 1.88 bits per heavy atom. The Morgan fingerprint density at radius 1 is 1.16 bits per heavy atom. The van der Waals surface area contributed by atoms with Crippen molar-refractivity contribution in [2.24, 2.45) is 0 Å². The molecule has 2 aliphatic rings. The lowest BCUT2D eigenvalue weighted by Gasteiger charge is -2.41. The second-order valence-corrected chi connectivity index (χ2v) is 6.82. The smallest absolute Gasteiger partial charge is 0.245 e. The molecule has 6 nitrogen and oxygen atoms in total. The number of carbonyl (C=O) groups excluding carboxylic acids is 2. The van der Waals surface area contributed by atoms with Gasteiger partial charge in [0.15, 0.2) is 0 Å². The molecule has 3 rings (SSSR count). The quantitative estimate of drug-likeness (QED) is 0.821. The summed E-state index contributed by atoms with van der Waals surface area (Å²) in [6, 6.07) is 7.51. The van der Waals surface area contributed by atoms with Crippen molar-refractivity contribution < 1.29 is 14.3 Å². The third kappa shape index (κ3) is 3.85. The number of anilines is 1. The minimum absolute atomic E-state index is 0.0403. The Morgan fingerprint density at radius 3 is 2.60 bits per heavy atom. The highest BCUT2D eigenvalue weighted by Gasteiger charge is 2.37. The molecule has 1 atom stereocenters. The van der Waals surface area contributed by atoms with E-state index in [0.717, 1.165) is 43.9 Å². The fourth-order valence-electron chi connectivity index (χ4n) is 3.64. The van der Waals surface area contributed by atoms with Gasteiger partial charge in [-0.15, -0.1) is 0 Å². The van der Waals surface area contributed by atoms with E-state index in [4.69, 9.17) is 4.74 Å². The van der Waals surface area contributed by atoms with E-state index in [-0.39, 0.29) is 18.2 Å². The summed E-state index contributed by atoms with van der Waals surface area (Å²) in [5, 5.41) is 0. The number of para-hydroxylation sites is 1. The molecule has 2 aliphatic heterocycles. The molecule has 0 spiro atoms. The van der Waals surface area contributed by atoms with Crippen LogP contribution in [0.2, 0.25) is 0 Å². The molecule has 1 unspecified atom stereocenters. The van der Waals surface area contributed by atoms with Gasteiger partial charge in [-0.05, 0) is 31.5 Å². The number of carbonyl (C=O) groups is 2. The van der Waals surface area contributed by atoms with Gasteiger partial charge in [0.25, 0.3) is 0 Å². The molecule has 25 heavy (non-hydrogen) atoms. The van der Waals surface area contributed by atoms with Gasteiger partial charge < -0.3 is 14.5 Å². The molecule has 1 fully saturated rings. The van der Waals surface area contributed by atoms with E-state index in [1.54, 1.807) is 12.0 Å². The van der Waals surface area contributed by atoms with Gasteiger partial charge in [0.1, 0.15) is 6.04 Å². The van der Waals surface area contributed by atoms with Crippen LogP contribution in [0.4, 0.5) is 5.69 Å². The van der Waals surface area contributed by atoms with Crippen LogP contribution in [-0.4, -0.2) is 74.6 Å². The average molecular weight is 345 g/mol. The van der Waals surface area contributed by atoms with E-state index >= 15 is 0 Å². The maximum absolute atomic E-state index is 13.1. The van der Waals surface area contributed by atoms with E-state index in [1.807, 2.05) is 29.2 Å². The van der Waals surface area contributed by atoms with Crippen molar-refractivity contribution in [3.8, 4) is 0 Å². The number of nitrogens with zero attached hydrogens (tertiary/aromatic N) is 3. The summed E-state index contributed by atoms with van der Waals surface area (Å²) < 4.78 is 5.07. The molecule has 1 saturated heterocycles. The molecule has 6 heteroatoms. The Balaban J connectivity index is 1.84. The first-order valence-electron chi connectivity index (χ1n) is 8.98. The average Bonchev–Trinajstić information content (AvgIpc) is 2.65. The fourth-order valence-corrected chi connectivity index (χ4v) is 3.64. The van der Waals surface area contributed by atoms with Crippen molar-refractivity contribution in [3.05, 3.63) is 29.8 Å². The summed E-state index contributed by atoms with van der Waals surface area (Å²) in [6.07, 6.45) is 1.80. The highest BCUT2D eigenvalue weighted by atomic mass is 16.5.